The van der Waals surface area contributed by atoms with Crippen molar-refractivity contribution in [1.29, 1.82) is 5.26 Å². The molecular formula is C19H20N2O2. The fourth-order valence-corrected chi connectivity index (χ4v) is 2.42. The van der Waals surface area contributed by atoms with Crippen LogP contribution < -0.4 is 4.74 Å². The van der Waals surface area contributed by atoms with E-state index in [9.17, 15) is 4.79 Å². The summed E-state index contributed by atoms with van der Waals surface area (Å²) in [5.41, 5.74) is 2.18. The minimum absolute atomic E-state index is 0.0475. The third kappa shape index (κ3) is 4.10. The van der Waals surface area contributed by atoms with Crippen molar-refractivity contribution in [3.05, 3.63) is 65.2 Å². The maximum absolute atomic E-state index is 12.8. The molecule has 0 saturated heterocycles. The maximum atomic E-state index is 12.8. The monoisotopic (exact) mass is 308 g/mol. The molecule has 2 aromatic carbocycles. The second-order valence-electron chi connectivity index (χ2n) is 5.24. The van der Waals surface area contributed by atoms with E-state index in [2.05, 4.69) is 6.07 Å². The van der Waals surface area contributed by atoms with Gasteiger partial charge in [-0.1, -0.05) is 31.2 Å². The molecule has 0 radical (unpaired) electrons. The average Bonchev–Trinajstić information content (AvgIpc) is 2.61. The number of hydrogen-bond donors (Lipinski definition) is 0. The van der Waals surface area contributed by atoms with Gasteiger partial charge in [0.25, 0.3) is 5.91 Å². The average molecular weight is 308 g/mol. The molecule has 0 atom stereocenters. The van der Waals surface area contributed by atoms with Crippen LogP contribution in [0.2, 0.25) is 0 Å². The van der Waals surface area contributed by atoms with Crippen molar-refractivity contribution in [3.8, 4) is 11.8 Å². The summed E-state index contributed by atoms with van der Waals surface area (Å²) in [6, 6.07) is 16.7. The Morgan fingerprint density at radius 3 is 2.48 bits per heavy atom. The first-order valence-electron chi connectivity index (χ1n) is 7.61. The molecule has 0 heterocycles. The molecule has 0 saturated carbocycles. The summed E-state index contributed by atoms with van der Waals surface area (Å²) in [5, 5.41) is 8.86. The van der Waals surface area contributed by atoms with Crippen molar-refractivity contribution in [3.63, 3.8) is 0 Å². The minimum atomic E-state index is -0.0475. The Morgan fingerprint density at radius 1 is 1.17 bits per heavy atom. The third-order valence-corrected chi connectivity index (χ3v) is 3.57. The first kappa shape index (κ1) is 16.6. The highest BCUT2D eigenvalue weighted by molar-refractivity contribution is 5.96. The van der Waals surface area contributed by atoms with Crippen LogP contribution in [0.4, 0.5) is 0 Å². The van der Waals surface area contributed by atoms with Gasteiger partial charge in [-0.05, 0) is 36.2 Å². The van der Waals surface area contributed by atoms with Gasteiger partial charge in [0.1, 0.15) is 5.75 Å². The fraction of sp³-hybridized carbons (Fsp3) is 0.263. The standard InChI is InChI=1S/C19H20N2O2/c1-3-12-21(14-16-10-8-15(13-20)9-11-16)19(22)17-6-4-5-7-18(17)23-2/h4-11H,3,12,14H2,1-2H3. The lowest BCUT2D eigenvalue weighted by Gasteiger charge is -2.23. The number of nitrogens with zero attached hydrogens (tertiary/aromatic N) is 2. The third-order valence-electron chi connectivity index (χ3n) is 3.57. The molecule has 2 rings (SSSR count). The Morgan fingerprint density at radius 2 is 1.87 bits per heavy atom. The Labute approximate surface area is 136 Å². The molecule has 4 heteroatoms. The van der Waals surface area contributed by atoms with Gasteiger partial charge in [-0.25, -0.2) is 0 Å². The van der Waals surface area contributed by atoms with E-state index in [0.717, 1.165) is 12.0 Å². The zero-order valence-electron chi connectivity index (χ0n) is 13.5. The summed E-state index contributed by atoms with van der Waals surface area (Å²) in [7, 11) is 1.57. The van der Waals surface area contributed by atoms with Crippen LogP contribution in [0.15, 0.2) is 48.5 Å². The van der Waals surface area contributed by atoms with Crippen molar-refractivity contribution in [1.82, 2.24) is 4.90 Å². The summed E-state index contributed by atoms with van der Waals surface area (Å²) in [6.07, 6.45) is 0.872. The van der Waals surface area contributed by atoms with Gasteiger partial charge in [0.2, 0.25) is 0 Å². The van der Waals surface area contributed by atoms with Crippen molar-refractivity contribution in [2.45, 2.75) is 19.9 Å². The van der Waals surface area contributed by atoms with E-state index >= 15 is 0 Å². The van der Waals surface area contributed by atoms with Gasteiger partial charge in [0, 0.05) is 13.1 Å². The van der Waals surface area contributed by atoms with Crippen molar-refractivity contribution in [2.24, 2.45) is 0 Å². The molecule has 23 heavy (non-hydrogen) atoms. The number of para-hydroxylation sites is 1. The molecule has 2 aromatic rings. The van der Waals surface area contributed by atoms with Crippen LogP contribution >= 0.6 is 0 Å². The second-order valence-corrected chi connectivity index (χ2v) is 5.24. The normalized spacial score (nSPS) is 9.96. The number of carbonyl (C=O) groups is 1. The Balaban J connectivity index is 2.23. The van der Waals surface area contributed by atoms with E-state index in [1.54, 1.807) is 36.3 Å². The van der Waals surface area contributed by atoms with Gasteiger partial charge in [0.05, 0.1) is 24.3 Å². The van der Waals surface area contributed by atoms with Crippen molar-refractivity contribution in [2.75, 3.05) is 13.7 Å². The molecule has 1 amide bonds. The predicted molar refractivity (Wildman–Crippen MR) is 89.2 cm³/mol. The highest BCUT2D eigenvalue weighted by Crippen LogP contribution is 2.20. The summed E-state index contributed by atoms with van der Waals surface area (Å²) >= 11 is 0. The van der Waals surface area contributed by atoms with Crippen LogP contribution in [0.25, 0.3) is 0 Å². The van der Waals surface area contributed by atoms with Crippen LogP contribution in [-0.2, 0) is 6.54 Å². The number of carbonyl (C=O) groups excluding carboxylic acids is 1. The number of ether oxygens (including phenoxy) is 1. The molecule has 0 aliphatic heterocycles. The molecule has 0 aromatic heterocycles. The summed E-state index contributed by atoms with van der Waals surface area (Å²) in [5.74, 6) is 0.534. The summed E-state index contributed by atoms with van der Waals surface area (Å²) < 4.78 is 5.29. The fourth-order valence-electron chi connectivity index (χ4n) is 2.42. The minimum Gasteiger partial charge on any atom is -0.496 e. The number of hydrogen-bond acceptors (Lipinski definition) is 3. The smallest absolute Gasteiger partial charge is 0.257 e. The molecule has 0 aliphatic rings. The quantitative estimate of drug-likeness (QED) is 0.819. The van der Waals surface area contributed by atoms with Gasteiger partial charge in [-0.15, -0.1) is 0 Å². The number of rotatable bonds is 6. The lowest BCUT2D eigenvalue weighted by atomic mass is 10.1. The van der Waals surface area contributed by atoms with Crippen LogP contribution in [-0.4, -0.2) is 24.5 Å². The molecule has 118 valence electrons. The number of benzene rings is 2. The van der Waals surface area contributed by atoms with Gasteiger partial charge in [0.15, 0.2) is 0 Å². The van der Waals surface area contributed by atoms with E-state index in [-0.39, 0.29) is 5.91 Å². The number of amides is 1. The van der Waals surface area contributed by atoms with Crippen molar-refractivity contribution >= 4 is 5.91 Å². The van der Waals surface area contributed by atoms with Gasteiger partial charge >= 0.3 is 0 Å². The predicted octanol–water partition coefficient (Wildman–Crippen LogP) is 3.62. The SMILES string of the molecule is CCCN(Cc1ccc(C#N)cc1)C(=O)c1ccccc1OC. The molecule has 0 N–H and O–H groups in total. The molecule has 4 nitrogen and oxygen atoms in total. The summed E-state index contributed by atoms with van der Waals surface area (Å²) in [4.78, 5) is 14.6. The molecular weight excluding hydrogens is 288 g/mol. The Hall–Kier alpha value is -2.80. The molecule has 0 spiro atoms. The first-order chi connectivity index (χ1) is 11.2. The topological polar surface area (TPSA) is 53.3 Å². The second kappa shape index (κ2) is 8.00. The Bertz CT molecular complexity index is 702. The zero-order chi connectivity index (χ0) is 16.7. The highest BCUT2D eigenvalue weighted by atomic mass is 16.5. The van der Waals surface area contributed by atoms with E-state index < -0.39 is 0 Å². The van der Waals surface area contributed by atoms with Gasteiger partial charge in [-0.2, -0.15) is 5.26 Å². The van der Waals surface area contributed by atoms with E-state index in [4.69, 9.17) is 10.00 Å². The Kier molecular flexibility index (Phi) is 5.76. The molecule has 0 fully saturated rings. The highest BCUT2D eigenvalue weighted by Gasteiger charge is 2.18. The van der Waals surface area contributed by atoms with E-state index in [1.165, 1.54) is 0 Å². The van der Waals surface area contributed by atoms with E-state index in [0.29, 0.717) is 30.0 Å². The number of nitriles is 1. The molecule has 0 unspecified atom stereocenters. The molecule has 0 bridgehead atoms. The zero-order valence-corrected chi connectivity index (χ0v) is 13.5. The lowest BCUT2D eigenvalue weighted by molar-refractivity contribution is 0.0740. The lowest BCUT2D eigenvalue weighted by Crippen LogP contribution is -2.31. The molecule has 0 aliphatic carbocycles. The maximum Gasteiger partial charge on any atom is 0.257 e. The number of methoxy groups -OCH3 is 1. The van der Waals surface area contributed by atoms with Gasteiger partial charge < -0.3 is 9.64 Å². The van der Waals surface area contributed by atoms with Crippen LogP contribution in [0.3, 0.4) is 0 Å². The van der Waals surface area contributed by atoms with E-state index in [1.807, 2.05) is 31.2 Å². The van der Waals surface area contributed by atoms with Crippen LogP contribution in [0, 0.1) is 11.3 Å². The summed E-state index contributed by atoms with van der Waals surface area (Å²) in [6.45, 7) is 3.22. The largest absolute Gasteiger partial charge is 0.496 e. The van der Waals surface area contributed by atoms with Crippen LogP contribution in [0.5, 0.6) is 5.75 Å². The van der Waals surface area contributed by atoms with Crippen LogP contribution in [0.1, 0.15) is 34.8 Å². The van der Waals surface area contributed by atoms with Gasteiger partial charge in [-0.3, -0.25) is 4.79 Å². The van der Waals surface area contributed by atoms with Crippen molar-refractivity contribution < 1.29 is 9.53 Å². The first-order valence-corrected chi connectivity index (χ1v) is 7.61.